The maximum atomic E-state index is 13.6. The van der Waals surface area contributed by atoms with Gasteiger partial charge in [0.25, 0.3) is 5.56 Å². The van der Waals surface area contributed by atoms with Crippen LogP contribution in [0.2, 0.25) is 0 Å². The predicted octanol–water partition coefficient (Wildman–Crippen LogP) is 3.25. The van der Waals surface area contributed by atoms with Crippen LogP contribution < -0.4 is 10.3 Å². The number of fused-ring (bicyclic) bond motifs is 1. The Morgan fingerprint density at radius 1 is 1.15 bits per heavy atom. The average molecular weight is 561 g/mol. The highest BCUT2D eigenvalue weighted by atomic mass is 32.2. The summed E-state index contributed by atoms with van der Waals surface area (Å²) in [6.07, 6.45) is 5.06. The normalized spacial score (nSPS) is 15.7. The molecule has 1 aliphatic rings. The highest BCUT2D eigenvalue weighted by Crippen LogP contribution is 2.33. The van der Waals surface area contributed by atoms with Crippen molar-refractivity contribution < 1.29 is 23.9 Å². The second kappa shape index (κ2) is 13.7. The molecule has 3 heterocycles. The number of rotatable bonds is 13. The van der Waals surface area contributed by atoms with Crippen molar-refractivity contribution in [2.24, 2.45) is 13.0 Å². The lowest BCUT2D eigenvalue weighted by Crippen LogP contribution is -2.35. The first kappa shape index (κ1) is 29.4. The number of aliphatic hydroxyl groups is 2. The van der Waals surface area contributed by atoms with Crippen molar-refractivity contribution in [3.8, 4) is 17.1 Å². The molecule has 1 aliphatic heterocycles. The fourth-order valence-corrected chi connectivity index (χ4v) is 6.52. The van der Waals surface area contributed by atoms with Crippen LogP contribution in [0, 0.1) is 5.92 Å². The van der Waals surface area contributed by atoms with Crippen molar-refractivity contribution in [1.29, 1.82) is 0 Å². The average Bonchev–Trinajstić information content (AvgIpc) is 3.22. The lowest BCUT2D eigenvalue weighted by molar-refractivity contribution is -0.00839. The molecule has 4 rings (SSSR count). The van der Waals surface area contributed by atoms with Crippen molar-refractivity contribution in [3.05, 3.63) is 39.8 Å². The molecule has 3 aromatic rings. The van der Waals surface area contributed by atoms with Gasteiger partial charge in [0.05, 0.1) is 29.2 Å². The van der Waals surface area contributed by atoms with Crippen molar-refractivity contribution in [2.75, 3.05) is 33.1 Å². The summed E-state index contributed by atoms with van der Waals surface area (Å²) >= 11 is 0. The quantitative estimate of drug-likeness (QED) is 0.216. The number of aromatic amines is 1. The third-order valence-electron chi connectivity index (χ3n) is 7.36. The second-order valence-electron chi connectivity index (χ2n) is 9.96. The number of ether oxygens (including phenoxy) is 2. The van der Waals surface area contributed by atoms with Crippen LogP contribution in [0.5, 0.6) is 5.75 Å². The van der Waals surface area contributed by atoms with E-state index in [1.54, 1.807) is 17.7 Å². The third-order valence-corrected chi connectivity index (χ3v) is 8.85. The summed E-state index contributed by atoms with van der Waals surface area (Å²) < 4.78 is 28.4. The molecule has 3 N–H and O–H groups in total. The van der Waals surface area contributed by atoms with E-state index in [9.17, 15) is 14.1 Å². The second-order valence-corrected chi connectivity index (χ2v) is 11.4. The minimum Gasteiger partial charge on any atom is -0.493 e. The Morgan fingerprint density at radius 2 is 1.92 bits per heavy atom. The van der Waals surface area contributed by atoms with E-state index in [-0.39, 0.29) is 19.0 Å². The van der Waals surface area contributed by atoms with Crippen molar-refractivity contribution >= 4 is 22.0 Å². The molecular weight excluding hydrogens is 520 g/mol. The van der Waals surface area contributed by atoms with E-state index in [1.807, 2.05) is 23.4 Å². The molecular formula is C28H40N4O6S. The zero-order valence-corrected chi connectivity index (χ0v) is 23.9. The van der Waals surface area contributed by atoms with Gasteiger partial charge in [-0.15, -0.1) is 0 Å². The van der Waals surface area contributed by atoms with Gasteiger partial charge in [-0.3, -0.25) is 4.79 Å². The first-order chi connectivity index (χ1) is 18.9. The Balaban J connectivity index is 1.69. The summed E-state index contributed by atoms with van der Waals surface area (Å²) in [5.41, 5.74) is 2.84. The van der Waals surface area contributed by atoms with Crippen molar-refractivity contribution in [1.82, 2.24) is 18.8 Å². The van der Waals surface area contributed by atoms with E-state index in [4.69, 9.17) is 19.6 Å². The van der Waals surface area contributed by atoms with Gasteiger partial charge in [0, 0.05) is 38.0 Å². The number of nitrogens with one attached hydrogen (secondary N) is 1. The molecule has 11 heteroatoms. The van der Waals surface area contributed by atoms with Crippen LogP contribution in [-0.4, -0.2) is 66.4 Å². The molecule has 10 nitrogen and oxygen atoms in total. The third kappa shape index (κ3) is 6.44. The first-order valence-corrected chi connectivity index (χ1v) is 14.9. The van der Waals surface area contributed by atoms with E-state index in [1.165, 1.54) is 0 Å². The minimum atomic E-state index is -1.38. The van der Waals surface area contributed by atoms with Crippen LogP contribution in [0.15, 0.2) is 27.9 Å². The smallest absolute Gasteiger partial charge is 0.275 e. The summed E-state index contributed by atoms with van der Waals surface area (Å²) in [6, 6.07) is 5.43. The first-order valence-electron chi connectivity index (χ1n) is 13.8. The zero-order valence-electron chi connectivity index (χ0n) is 23.1. The van der Waals surface area contributed by atoms with E-state index in [0.717, 1.165) is 37.7 Å². The van der Waals surface area contributed by atoms with E-state index < -0.39 is 11.0 Å². The SMILES string of the molecule is CCCOc1ccc(S(=O)N2CCC(CCOCO)CC2)cc1-c1nc2c(CCC)c(CO)n(C)c2c(=O)[nH]1. The van der Waals surface area contributed by atoms with Gasteiger partial charge in [0.15, 0.2) is 0 Å². The van der Waals surface area contributed by atoms with Gasteiger partial charge in [-0.25, -0.2) is 13.5 Å². The van der Waals surface area contributed by atoms with Crippen LogP contribution in [0.25, 0.3) is 22.4 Å². The molecule has 1 saturated heterocycles. The van der Waals surface area contributed by atoms with Crippen molar-refractivity contribution in [3.63, 3.8) is 0 Å². The molecule has 0 bridgehead atoms. The Hall–Kier alpha value is -2.57. The van der Waals surface area contributed by atoms with Gasteiger partial charge in [-0.05, 0) is 56.2 Å². The maximum absolute atomic E-state index is 13.6. The topological polar surface area (TPSA) is 130 Å². The lowest BCUT2D eigenvalue weighted by Gasteiger charge is -2.30. The predicted molar refractivity (Wildman–Crippen MR) is 151 cm³/mol. The Morgan fingerprint density at radius 3 is 2.59 bits per heavy atom. The van der Waals surface area contributed by atoms with Crippen molar-refractivity contribution in [2.45, 2.75) is 63.9 Å². The molecule has 1 fully saturated rings. The number of benzene rings is 1. The fraction of sp³-hybridized carbons (Fsp3) is 0.571. The summed E-state index contributed by atoms with van der Waals surface area (Å²) in [4.78, 5) is 21.7. The van der Waals surface area contributed by atoms with Crippen LogP contribution in [0.4, 0.5) is 0 Å². The number of aromatic nitrogens is 3. The van der Waals surface area contributed by atoms with E-state index >= 15 is 0 Å². The molecule has 2 aromatic heterocycles. The Labute approximate surface area is 231 Å². The van der Waals surface area contributed by atoms with Gasteiger partial charge in [0.1, 0.15) is 34.9 Å². The minimum absolute atomic E-state index is 0.179. The number of piperidine rings is 1. The molecule has 1 unspecified atom stereocenters. The molecule has 0 spiro atoms. The molecule has 0 amide bonds. The highest BCUT2D eigenvalue weighted by Gasteiger charge is 2.25. The Kier molecular flexibility index (Phi) is 10.3. The maximum Gasteiger partial charge on any atom is 0.275 e. The van der Waals surface area contributed by atoms with Crippen LogP contribution in [0.1, 0.15) is 57.2 Å². The van der Waals surface area contributed by atoms with E-state index in [0.29, 0.717) is 77.4 Å². The monoisotopic (exact) mass is 560 g/mol. The number of hydrogen-bond donors (Lipinski definition) is 3. The van der Waals surface area contributed by atoms with Gasteiger partial charge in [-0.1, -0.05) is 20.3 Å². The highest BCUT2D eigenvalue weighted by molar-refractivity contribution is 7.82. The summed E-state index contributed by atoms with van der Waals surface area (Å²) in [7, 11) is 0.388. The van der Waals surface area contributed by atoms with E-state index in [2.05, 4.69) is 11.9 Å². The van der Waals surface area contributed by atoms with Gasteiger partial charge < -0.3 is 29.2 Å². The summed E-state index contributed by atoms with van der Waals surface area (Å²) in [5, 5.41) is 18.8. The van der Waals surface area contributed by atoms with Crippen LogP contribution in [0.3, 0.4) is 0 Å². The van der Waals surface area contributed by atoms with Gasteiger partial charge >= 0.3 is 0 Å². The molecule has 0 aliphatic carbocycles. The summed E-state index contributed by atoms with van der Waals surface area (Å²) in [6.45, 7) is 6.07. The number of H-pyrrole nitrogens is 1. The van der Waals surface area contributed by atoms with Crippen LogP contribution in [-0.2, 0) is 35.8 Å². The largest absolute Gasteiger partial charge is 0.493 e. The van der Waals surface area contributed by atoms with Gasteiger partial charge in [-0.2, -0.15) is 0 Å². The molecule has 39 heavy (non-hydrogen) atoms. The lowest BCUT2D eigenvalue weighted by atomic mass is 9.95. The fourth-order valence-electron chi connectivity index (χ4n) is 5.27. The molecule has 1 aromatic carbocycles. The molecule has 0 radical (unpaired) electrons. The molecule has 0 saturated carbocycles. The zero-order chi connectivity index (χ0) is 27.9. The summed E-state index contributed by atoms with van der Waals surface area (Å²) in [5.74, 6) is 1.41. The number of hydrogen-bond acceptors (Lipinski definition) is 7. The number of aliphatic hydroxyl groups excluding tert-OH is 2. The van der Waals surface area contributed by atoms with Crippen LogP contribution >= 0.6 is 0 Å². The number of aryl methyl sites for hydroxylation is 2. The van der Waals surface area contributed by atoms with Gasteiger partial charge in [0.2, 0.25) is 0 Å². The molecule has 1 atom stereocenters. The number of nitrogens with zero attached hydrogens (tertiary/aromatic N) is 3. The standard InChI is InChI=1S/C28H40N4O6S/c1-4-6-21-23(17-33)31(3)26-25(21)29-27(30-28(26)35)22-16-20(7-8-24(22)38-14-5-2)39(36)32-12-9-19(10-13-32)11-15-37-18-34/h7-8,16,19,33-34H,4-6,9-15,17-18H2,1-3H3,(H,29,30,35). The molecule has 214 valence electrons. The Bertz CT molecular complexity index is 1350.